The molecule has 78 valence electrons. The molecule has 0 spiro atoms. The number of aromatic carboxylic acids is 1. The van der Waals surface area contributed by atoms with E-state index in [1.807, 2.05) is 30.3 Å². The first-order chi connectivity index (χ1) is 7.77. The molecule has 0 aliphatic rings. The van der Waals surface area contributed by atoms with Crippen LogP contribution in [0.4, 0.5) is 0 Å². The highest BCUT2D eigenvalue weighted by Gasteiger charge is 2.12. The monoisotopic (exact) mass is 228 g/mol. The molecule has 1 heterocycles. The zero-order chi connectivity index (χ0) is 11.1. The third kappa shape index (κ3) is 1.22. The van der Waals surface area contributed by atoms with Crippen LogP contribution in [0.3, 0.4) is 0 Å². The van der Waals surface area contributed by atoms with Crippen LogP contribution < -0.4 is 0 Å². The number of benzene rings is 2. The van der Waals surface area contributed by atoms with Crippen molar-refractivity contribution in [3.8, 4) is 0 Å². The molecule has 0 aliphatic carbocycles. The Hall–Kier alpha value is -1.87. The molecule has 0 aliphatic heterocycles. The van der Waals surface area contributed by atoms with Crippen molar-refractivity contribution in [2.24, 2.45) is 0 Å². The number of hydrogen-bond acceptors (Lipinski definition) is 2. The fraction of sp³-hybridized carbons (Fsp3) is 0. The van der Waals surface area contributed by atoms with E-state index in [1.165, 1.54) is 0 Å². The quantitative estimate of drug-likeness (QED) is 0.688. The fourth-order valence-corrected chi connectivity index (χ4v) is 3.09. The predicted octanol–water partition coefficient (Wildman–Crippen LogP) is 3.75. The van der Waals surface area contributed by atoms with Crippen molar-refractivity contribution in [2.75, 3.05) is 0 Å². The lowest BCUT2D eigenvalue weighted by Crippen LogP contribution is -1.95. The summed E-state index contributed by atoms with van der Waals surface area (Å²) in [7, 11) is 0. The summed E-state index contributed by atoms with van der Waals surface area (Å²) < 4.78 is 2.16. The first-order valence-electron chi connectivity index (χ1n) is 4.91. The Morgan fingerprint density at radius 2 is 1.75 bits per heavy atom. The Morgan fingerprint density at radius 3 is 2.56 bits per heavy atom. The van der Waals surface area contributed by atoms with Crippen molar-refractivity contribution in [2.45, 2.75) is 0 Å². The lowest BCUT2D eigenvalue weighted by atomic mass is 10.1. The molecule has 16 heavy (non-hydrogen) atoms. The van der Waals surface area contributed by atoms with Crippen LogP contribution in [0, 0.1) is 0 Å². The van der Waals surface area contributed by atoms with Gasteiger partial charge in [-0.1, -0.05) is 24.3 Å². The molecule has 0 radical (unpaired) electrons. The van der Waals surface area contributed by atoms with E-state index in [1.54, 1.807) is 23.5 Å². The van der Waals surface area contributed by atoms with Crippen LogP contribution in [0.2, 0.25) is 0 Å². The molecule has 0 atom stereocenters. The maximum absolute atomic E-state index is 11.2. The van der Waals surface area contributed by atoms with E-state index in [4.69, 9.17) is 5.11 Å². The van der Waals surface area contributed by atoms with Crippen molar-refractivity contribution in [3.63, 3.8) is 0 Å². The molecule has 0 fully saturated rings. The maximum atomic E-state index is 11.2. The van der Waals surface area contributed by atoms with Gasteiger partial charge in [-0.25, -0.2) is 4.79 Å². The van der Waals surface area contributed by atoms with E-state index in [0.717, 1.165) is 20.2 Å². The first kappa shape index (κ1) is 9.36. The first-order valence-corrected chi connectivity index (χ1v) is 5.72. The van der Waals surface area contributed by atoms with Gasteiger partial charge in [-0.2, -0.15) is 0 Å². The maximum Gasteiger partial charge on any atom is 0.336 e. The smallest absolute Gasteiger partial charge is 0.336 e. The van der Waals surface area contributed by atoms with Gasteiger partial charge in [0.2, 0.25) is 0 Å². The highest BCUT2D eigenvalue weighted by atomic mass is 32.1. The topological polar surface area (TPSA) is 37.3 Å². The van der Waals surface area contributed by atoms with Gasteiger partial charge in [0.15, 0.2) is 0 Å². The van der Waals surface area contributed by atoms with Gasteiger partial charge in [0.05, 0.1) is 5.56 Å². The number of hydrogen-bond donors (Lipinski definition) is 1. The van der Waals surface area contributed by atoms with Gasteiger partial charge in [-0.15, -0.1) is 11.3 Å². The van der Waals surface area contributed by atoms with Crippen LogP contribution in [-0.2, 0) is 0 Å². The van der Waals surface area contributed by atoms with E-state index < -0.39 is 5.97 Å². The lowest BCUT2D eigenvalue weighted by molar-refractivity contribution is 0.0699. The van der Waals surface area contributed by atoms with Gasteiger partial charge >= 0.3 is 5.97 Å². The number of rotatable bonds is 1. The zero-order valence-electron chi connectivity index (χ0n) is 8.31. The Balaban J connectivity index is 2.57. The van der Waals surface area contributed by atoms with Crippen LogP contribution in [0.1, 0.15) is 10.4 Å². The van der Waals surface area contributed by atoms with E-state index in [-0.39, 0.29) is 0 Å². The number of fused-ring (bicyclic) bond motifs is 3. The molecule has 3 rings (SSSR count). The number of carboxylic acid groups (broad SMARTS) is 1. The van der Waals surface area contributed by atoms with E-state index >= 15 is 0 Å². The second kappa shape index (κ2) is 3.32. The van der Waals surface area contributed by atoms with Gasteiger partial charge in [0, 0.05) is 20.2 Å². The van der Waals surface area contributed by atoms with Crippen LogP contribution in [-0.4, -0.2) is 11.1 Å². The molecule has 3 heteroatoms. The second-order valence-corrected chi connectivity index (χ2v) is 4.67. The van der Waals surface area contributed by atoms with Crippen LogP contribution in [0.25, 0.3) is 20.2 Å². The molecule has 0 bridgehead atoms. The minimum atomic E-state index is -0.867. The standard InChI is InChI=1S/C13H8O2S/c14-13(15)9-5-3-7-11-12(9)8-4-1-2-6-10(8)16-11/h1-7H,(H,14,15). The predicted molar refractivity (Wildman–Crippen MR) is 66.3 cm³/mol. The van der Waals surface area contributed by atoms with E-state index in [2.05, 4.69) is 0 Å². The van der Waals surface area contributed by atoms with Gasteiger partial charge in [0.1, 0.15) is 0 Å². The summed E-state index contributed by atoms with van der Waals surface area (Å²) in [6.07, 6.45) is 0. The molecule has 1 N–H and O–H groups in total. The fourth-order valence-electron chi connectivity index (χ4n) is 1.95. The summed E-state index contributed by atoms with van der Waals surface area (Å²) >= 11 is 1.63. The van der Waals surface area contributed by atoms with Gasteiger partial charge in [0.25, 0.3) is 0 Å². The summed E-state index contributed by atoms with van der Waals surface area (Å²) in [5.41, 5.74) is 0.384. The Bertz CT molecular complexity index is 697. The molecule has 0 saturated heterocycles. The number of carbonyl (C=O) groups is 1. The van der Waals surface area contributed by atoms with Crippen LogP contribution >= 0.6 is 11.3 Å². The lowest BCUT2D eigenvalue weighted by Gasteiger charge is -1.97. The van der Waals surface area contributed by atoms with Crippen LogP contribution in [0.5, 0.6) is 0 Å². The number of thiophene rings is 1. The highest BCUT2D eigenvalue weighted by Crippen LogP contribution is 2.35. The largest absolute Gasteiger partial charge is 0.478 e. The average molecular weight is 228 g/mol. The second-order valence-electron chi connectivity index (χ2n) is 3.58. The van der Waals surface area contributed by atoms with E-state index in [9.17, 15) is 4.79 Å². The SMILES string of the molecule is O=C(O)c1cccc2sc3ccccc3c12. The molecular formula is C13H8O2S. The third-order valence-corrected chi connectivity index (χ3v) is 3.77. The third-order valence-electron chi connectivity index (χ3n) is 2.63. The molecule has 2 aromatic carbocycles. The molecular weight excluding hydrogens is 220 g/mol. The van der Waals surface area contributed by atoms with Crippen LogP contribution in [0.15, 0.2) is 42.5 Å². The zero-order valence-corrected chi connectivity index (χ0v) is 9.12. The molecule has 1 aromatic heterocycles. The summed E-state index contributed by atoms with van der Waals surface area (Å²) in [5, 5.41) is 11.1. The Kier molecular flexibility index (Phi) is 1.94. The molecule has 0 saturated carbocycles. The normalized spacial score (nSPS) is 11.0. The average Bonchev–Trinajstić information content (AvgIpc) is 2.66. The molecule has 0 unspecified atom stereocenters. The van der Waals surface area contributed by atoms with E-state index in [0.29, 0.717) is 5.56 Å². The Labute approximate surface area is 95.8 Å². The van der Waals surface area contributed by atoms with Gasteiger partial charge in [-0.05, 0) is 18.2 Å². The highest BCUT2D eigenvalue weighted by molar-refractivity contribution is 7.25. The number of carboxylic acids is 1. The molecule has 3 aromatic rings. The summed E-state index contributed by atoms with van der Waals surface area (Å²) in [6.45, 7) is 0. The minimum absolute atomic E-state index is 0.384. The van der Waals surface area contributed by atoms with Crippen molar-refractivity contribution in [3.05, 3.63) is 48.0 Å². The van der Waals surface area contributed by atoms with Crippen molar-refractivity contribution in [1.82, 2.24) is 0 Å². The summed E-state index contributed by atoms with van der Waals surface area (Å²) in [6, 6.07) is 13.3. The minimum Gasteiger partial charge on any atom is -0.478 e. The molecule has 0 amide bonds. The van der Waals surface area contributed by atoms with Crippen molar-refractivity contribution < 1.29 is 9.90 Å². The molecule has 2 nitrogen and oxygen atoms in total. The Morgan fingerprint density at radius 1 is 1.00 bits per heavy atom. The van der Waals surface area contributed by atoms with Crippen molar-refractivity contribution >= 4 is 37.5 Å². The van der Waals surface area contributed by atoms with Gasteiger partial charge < -0.3 is 5.11 Å². The van der Waals surface area contributed by atoms with Crippen molar-refractivity contribution in [1.29, 1.82) is 0 Å². The van der Waals surface area contributed by atoms with Gasteiger partial charge in [-0.3, -0.25) is 0 Å². The summed E-state index contributed by atoms with van der Waals surface area (Å²) in [4.78, 5) is 11.2. The summed E-state index contributed by atoms with van der Waals surface area (Å²) in [5.74, 6) is -0.867.